The summed E-state index contributed by atoms with van der Waals surface area (Å²) in [5, 5.41) is 0. The highest BCUT2D eigenvalue weighted by atomic mass is 32.2. The number of carbonyl (C=O) groups is 1. The minimum absolute atomic E-state index is 0.0261. The minimum atomic E-state index is -2.84. The van der Waals surface area contributed by atoms with Gasteiger partial charge in [-0.25, -0.2) is 13.2 Å². The molecule has 0 aromatic rings. The van der Waals surface area contributed by atoms with Crippen LogP contribution in [0.2, 0.25) is 0 Å². The molecular formula is C15H27NO5S. The largest absolute Gasteiger partial charge is 0.458 e. The van der Waals surface area contributed by atoms with Gasteiger partial charge in [0.2, 0.25) is 0 Å². The third-order valence-corrected chi connectivity index (χ3v) is 6.09. The normalized spacial score (nSPS) is 24.8. The van der Waals surface area contributed by atoms with Crippen molar-refractivity contribution in [2.24, 2.45) is 0 Å². The molecule has 1 aliphatic heterocycles. The topological polar surface area (TPSA) is 72.9 Å². The maximum atomic E-state index is 11.8. The fraction of sp³-hybridized carbons (Fsp3) is 0.933. The van der Waals surface area contributed by atoms with E-state index in [-0.39, 0.29) is 29.7 Å². The van der Waals surface area contributed by atoms with Gasteiger partial charge in [-0.1, -0.05) is 6.42 Å². The summed E-state index contributed by atoms with van der Waals surface area (Å²) in [5.41, 5.74) is -0.320. The van der Waals surface area contributed by atoms with Crippen LogP contribution in [0.25, 0.3) is 0 Å². The molecule has 7 heteroatoms. The van der Waals surface area contributed by atoms with Crippen LogP contribution in [0.1, 0.15) is 39.0 Å². The lowest BCUT2D eigenvalue weighted by molar-refractivity contribution is -0.166. The standard InChI is InChI=1S/C15H27NO5S/c1-15(5-3-2-4-6-15)21-14(17)13-20-10-7-16-8-11-22(18,19)12-9-16/h2-13H2,1H3. The third kappa shape index (κ3) is 5.85. The van der Waals surface area contributed by atoms with E-state index in [0.717, 1.165) is 25.7 Å². The Labute approximate surface area is 133 Å². The van der Waals surface area contributed by atoms with Crippen LogP contribution < -0.4 is 0 Å². The lowest BCUT2D eigenvalue weighted by atomic mass is 9.86. The quantitative estimate of drug-likeness (QED) is 0.533. The molecule has 0 N–H and O–H groups in total. The van der Waals surface area contributed by atoms with Gasteiger partial charge >= 0.3 is 5.97 Å². The van der Waals surface area contributed by atoms with Crippen molar-refractivity contribution < 1.29 is 22.7 Å². The molecule has 6 nitrogen and oxygen atoms in total. The summed E-state index contributed by atoms with van der Waals surface area (Å²) < 4.78 is 33.5. The van der Waals surface area contributed by atoms with E-state index in [0.29, 0.717) is 26.2 Å². The van der Waals surface area contributed by atoms with Gasteiger partial charge in [-0.3, -0.25) is 4.90 Å². The Hall–Kier alpha value is -0.660. The lowest BCUT2D eigenvalue weighted by Gasteiger charge is -2.33. The van der Waals surface area contributed by atoms with E-state index in [1.807, 2.05) is 6.92 Å². The van der Waals surface area contributed by atoms with E-state index >= 15 is 0 Å². The maximum Gasteiger partial charge on any atom is 0.332 e. The van der Waals surface area contributed by atoms with E-state index in [1.165, 1.54) is 6.42 Å². The molecule has 0 unspecified atom stereocenters. The number of hydrogen-bond acceptors (Lipinski definition) is 6. The van der Waals surface area contributed by atoms with Crippen molar-refractivity contribution in [3.8, 4) is 0 Å². The number of ether oxygens (including phenoxy) is 2. The molecule has 1 aliphatic carbocycles. The summed E-state index contributed by atoms with van der Waals surface area (Å²) in [4.78, 5) is 13.9. The molecule has 1 heterocycles. The molecule has 0 bridgehead atoms. The Kier molecular flexibility index (Phi) is 6.23. The molecule has 1 saturated carbocycles. The van der Waals surface area contributed by atoms with E-state index in [4.69, 9.17) is 9.47 Å². The van der Waals surface area contributed by atoms with Crippen molar-refractivity contribution in [1.29, 1.82) is 0 Å². The maximum absolute atomic E-state index is 11.8. The van der Waals surface area contributed by atoms with Crippen molar-refractivity contribution in [2.45, 2.75) is 44.6 Å². The highest BCUT2D eigenvalue weighted by Gasteiger charge is 2.30. The number of rotatable bonds is 6. The first-order valence-electron chi connectivity index (χ1n) is 8.11. The SMILES string of the molecule is CC1(OC(=O)COCCN2CCS(=O)(=O)CC2)CCCCC1. The van der Waals surface area contributed by atoms with Crippen LogP contribution in [0.3, 0.4) is 0 Å². The molecule has 2 aliphatic rings. The first-order valence-corrected chi connectivity index (χ1v) is 9.93. The summed E-state index contributed by atoms with van der Waals surface area (Å²) in [6.07, 6.45) is 5.31. The zero-order valence-corrected chi connectivity index (χ0v) is 14.2. The van der Waals surface area contributed by atoms with Crippen molar-refractivity contribution in [2.75, 3.05) is 44.4 Å². The zero-order chi connectivity index (χ0) is 16.1. The molecule has 0 atom stereocenters. The van der Waals surface area contributed by atoms with Gasteiger partial charge in [0.25, 0.3) is 0 Å². The second-order valence-corrected chi connectivity index (χ2v) is 8.83. The molecule has 2 rings (SSSR count). The highest BCUT2D eigenvalue weighted by Crippen LogP contribution is 2.31. The van der Waals surface area contributed by atoms with Gasteiger partial charge in [-0.15, -0.1) is 0 Å². The fourth-order valence-electron chi connectivity index (χ4n) is 3.03. The summed E-state index contributed by atoms with van der Waals surface area (Å²) in [5.74, 6) is 0.131. The Morgan fingerprint density at radius 1 is 1.14 bits per heavy atom. The first kappa shape index (κ1) is 17.7. The van der Waals surface area contributed by atoms with Crippen LogP contribution in [-0.2, 0) is 24.1 Å². The Bertz CT molecular complexity index is 456. The van der Waals surface area contributed by atoms with Crippen LogP contribution in [0, 0.1) is 0 Å². The molecule has 22 heavy (non-hydrogen) atoms. The van der Waals surface area contributed by atoms with E-state index in [2.05, 4.69) is 4.90 Å². The monoisotopic (exact) mass is 333 g/mol. The Balaban J connectivity index is 1.57. The number of carbonyl (C=O) groups excluding carboxylic acids is 1. The molecule has 128 valence electrons. The second kappa shape index (κ2) is 7.75. The van der Waals surface area contributed by atoms with E-state index in [1.54, 1.807) is 0 Å². The number of nitrogens with zero attached hydrogens (tertiary/aromatic N) is 1. The molecule has 2 fully saturated rings. The van der Waals surface area contributed by atoms with Crippen LogP contribution >= 0.6 is 0 Å². The molecule has 0 aromatic heterocycles. The van der Waals surface area contributed by atoms with Gasteiger partial charge < -0.3 is 9.47 Å². The Morgan fingerprint density at radius 2 is 1.77 bits per heavy atom. The van der Waals surface area contributed by atoms with Gasteiger partial charge in [0.05, 0.1) is 18.1 Å². The average Bonchev–Trinajstić information content (AvgIpc) is 2.45. The molecular weight excluding hydrogens is 306 g/mol. The number of hydrogen-bond donors (Lipinski definition) is 0. The summed E-state index contributed by atoms with van der Waals surface area (Å²) >= 11 is 0. The third-order valence-electron chi connectivity index (χ3n) is 4.48. The summed E-state index contributed by atoms with van der Waals surface area (Å²) in [6, 6.07) is 0. The molecule has 0 amide bonds. The van der Waals surface area contributed by atoms with Gasteiger partial charge in [0, 0.05) is 19.6 Å². The van der Waals surface area contributed by atoms with E-state index < -0.39 is 9.84 Å². The Morgan fingerprint density at radius 3 is 2.41 bits per heavy atom. The van der Waals surface area contributed by atoms with Gasteiger partial charge in [-0.2, -0.15) is 0 Å². The van der Waals surface area contributed by atoms with E-state index in [9.17, 15) is 13.2 Å². The van der Waals surface area contributed by atoms with Crippen LogP contribution in [0.5, 0.6) is 0 Å². The molecule has 0 spiro atoms. The zero-order valence-electron chi connectivity index (χ0n) is 13.4. The molecule has 0 aromatic carbocycles. The summed E-state index contributed by atoms with van der Waals surface area (Å²) in [7, 11) is -2.84. The van der Waals surface area contributed by atoms with Crippen LogP contribution in [0.4, 0.5) is 0 Å². The lowest BCUT2D eigenvalue weighted by Crippen LogP contribution is -2.42. The van der Waals surface area contributed by atoms with Crippen molar-refractivity contribution in [3.63, 3.8) is 0 Å². The van der Waals surface area contributed by atoms with Crippen LogP contribution in [0.15, 0.2) is 0 Å². The fourth-order valence-corrected chi connectivity index (χ4v) is 4.31. The van der Waals surface area contributed by atoms with Crippen molar-refractivity contribution in [3.05, 3.63) is 0 Å². The average molecular weight is 333 g/mol. The van der Waals surface area contributed by atoms with Gasteiger partial charge in [0.15, 0.2) is 9.84 Å². The molecule has 0 radical (unpaired) electrons. The van der Waals surface area contributed by atoms with Gasteiger partial charge in [-0.05, 0) is 32.6 Å². The highest BCUT2D eigenvalue weighted by molar-refractivity contribution is 7.91. The number of esters is 1. The minimum Gasteiger partial charge on any atom is -0.458 e. The smallest absolute Gasteiger partial charge is 0.332 e. The van der Waals surface area contributed by atoms with Crippen molar-refractivity contribution >= 4 is 15.8 Å². The molecule has 1 saturated heterocycles. The van der Waals surface area contributed by atoms with Gasteiger partial charge in [0.1, 0.15) is 12.2 Å². The number of sulfone groups is 1. The second-order valence-electron chi connectivity index (χ2n) is 6.53. The summed E-state index contributed by atoms with van der Waals surface area (Å²) in [6.45, 7) is 4.15. The predicted octanol–water partition coefficient (Wildman–Crippen LogP) is 0.999. The predicted molar refractivity (Wildman–Crippen MR) is 83.5 cm³/mol. The van der Waals surface area contributed by atoms with Crippen molar-refractivity contribution in [1.82, 2.24) is 4.90 Å². The first-order chi connectivity index (χ1) is 10.4. The van der Waals surface area contributed by atoms with Crippen LogP contribution in [-0.4, -0.2) is 69.2 Å².